The van der Waals surface area contributed by atoms with Crippen LogP contribution in [0.4, 0.5) is 10.1 Å². The number of piperazine rings is 1. The molecule has 0 spiro atoms. The van der Waals surface area contributed by atoms with Crippen LogP contribution in [0.5, 0.6) is 5.75 Å². The first-order valence-electron chi connectivity index (χ1n) is 10.5. The molecule has 172 valence electrons. The Kier molecular flexibility index (Phi) is 6.63. The summed E-state index contributed by atoms with van der Waals surface area (Å²) in [5, 5.41) is 0. The molecule has 10 heteroatoms. The summed E-state index contributed by atoms with van der Waals surface area (Å²) < 4.78 is 52.0. The zero-order chi connectivity index (χ0) is 22.7. The van der Waals surface area contributed by atoms with Crippen molar-refractivity contribution in [1.82, 2.24) is 9.21 Å². The van der Waals surface area contributed by atoms with Crippen LogP contribution in [-0.2, 0) is 14.8 Å². The third-order valence-corrected chi connectivity index (χ3v) is 7.68. The monoisotopic (exact) mass is 463 g/mol. The van der Waals surface area contributed by atoms with Crippen molar-refractivity contribution in [3.05, 3.63) is 53.8 Å². The van der Waals surface area contributed by atoms with Crippen LogP contribution in [0.25, 0.3) is 0 Å². The average molecular weight is 464 g/mol. The van der Waals surface area contributed by atoms with Gasteiger partial charge in [0, 0.05) is 45.0 Å². The highest BCUT2D eigenvalue weighted by atomic mass is 32.2. The van der Waals surface area contributed by atoms with Gasteiger partial charge < -0.3 is 19.3 Å². The van der Waals surface area contributed by atoms with Crippen LogP contribution in [-0.4, -0.2) is 83.1 Å². The smallest absolute Gasteiger partial charge is 0.256 e. The number of carbonyl (C=O) groups excluding carboxylic acids is 1. The highest BCUT2D eigenvalue weighted by Crippen LogP contribution is 2.24. The van der Waals surface area contributed by atoms with Crippen LogP contribution in [0.2, 0.25) is 0 Å². The molecule has 0 unspecified atom stereocenters. The molecule has 0 N–H and O–H groups in total. The zero-order valence-electron chi connectivity index (χ0n) is 17.9. The molecule has 2 aliphatic heterocycles. The summed E-state index contributed by atoms with van der Waals surface area (Å²) in [6.07, 6.45) is 0. The Labute approximate surface area is 187 Å². The summed E-state index contributed by atoms with van der Waals surface area (Å²) in [6.45, 7) is 3.08. The fraction of sp³-hybridized carbons (Fsp3) is 0.409. The lowest BCUT2D eigenvalue weighted by atomic mass is 10.1. The second kappa shape index (κ2) is 9.43. The molecule has 4 rings (SSSR count). The van der Waals surface area contributed by atoms with Crippen LogP contribution in [0.3, 0.4) is 0 Å². The van der Waals surface area contributed by atoms with Crippen molar-refractivity contribution in [3.8, 4) is 5.75 Å². The molecule has 0 bridgehead atoms. The second-order valence-electron chi connectivity index (χ2n) is 7.64. The van der Waals surface area contributed by atoms with Gasteiger partial charge in [-0.3, -0.25) is 4.79 Å². The number of carbonyl (C=O) groups is 1. The topological polar surface area (TPSA) is 79.4 Å². The molecule has 2 aliphatic rings. The molecule has 1 amide bonds. The van der Waals surface area contributed by atoms with Gasteiger partial charge in [-0.2, -0.15) is 4.31 Å². The number of hydrogen-bond acceptors (Lipinski definition) is 6. The number of anilines is 1. The van der Waals surface area contributed by atoms with Crippen LogP contribution >= 0.6 is 0 Å². The zero-order valence-corrected chi connectivity index (χ0v) is 18.7. The molecule has 2 aromatic carbocycles. The normalized spacial score (nSPS) is 17.9. The number of amides is 1. The van der Waals surface area contributed by atoms with Crippen molar-refractivity contribution in [2.45, 2.75) is 4.90 Å². The number of rotatable bonds is 5. The molecular weight excluding hydrogens is 437 g/mol. The number of benzene rings is 2. The summed E-state index contributed by atoms with van der Waals surface area (Å²) in [7, 11) is -2.21. The Morgan fingerprint density at radius 3 is 2.25 bits per heavy atom. The van der Waals surface area contributed by atoms with Crippen molar-refractivity contribution in [1.29, 1.82) is 0 Å². The van der Waals surface area contributed by atoms with Crippen molar-refractivity contribution in [2.24, 2.45) is 0 Å². The van der Waals surface area contributed by atoms with Gasteiger partial charge in [-0.25, -0.2) is 12.8 Å². The predicted octanol–water partition coefficient (Wildman–Crippen LogP) is 1.82. The van der Waals surface area contributed by atoms with Crippen molar-refractivity contribution >= 4 is 21.6 Å². The van der Waals surface area contributed by atoms with Crippen molar-refractivity contribution < 1.29 is 27.1 Å². The average Bonchev–Trinajstić information content (AvgIpc) is 2.84. The maximum Gasteiger partial charge on any atom is 0.256 e. The number of hydrogen-bond donors (Lipinski definition) is 0. The van der Waals surface area contributed by atoms with Gasteiger partial charge in [-0.05, 0) is 42.5 Å². The lowest BCUT2D eigenvalue weighted by Gasteiger charge is -2.36. The van der Waals surface area contributed by atoms with E-state index >= 15 is 0 Å². The third kappa shape index (κ3) is 4.57. The summed E-state index contributed by atoms with van der Waals surface area (Å²) in [5.41, 5.74) is 0.792. The quantitative estimate of drug-likeness (QED) is 0.673. The number of morpholine rings is 1. The number of sulfonamides is 1. The maximum absolute atomic E-state index is 14.5. The van der Waals surface area contributed by atoms with Crippen LogP contribution in [0.1, 0.15) is 10.4 Å². The minimum atomic E-state index is -3.82. The van der Waals surface area contributed by atoms with E-state index in [1.807, 2.05) is 24.3 Å². The van der Waals surface area contributed by atoms with Gasteiger partial charge in [-0.1, -0.05) is 0 Å². The Bertz CT molecular complexity index is 1060. The van der Waals surface area contributed by atoms with E-state index in [9.17, 15) is 17.6 Å². The summed E-state index contributed by atoms with van der Waals surface area (Å²) in [4.78, 5) is 16.6. The number of nitrogens with zero attached hydrogens (tertiary/aromatic N) is 3. The summed E-state index contributed by atoms with van der Waals surface area (Å²) >= 11 is 0. The Hall–Kier alpha value is -2.69. The number of methoxy groups -OCH3 is 1. The molecule has 2 saturated heterocycles. The maximum atomic E-state index is 14.5. The van der Waals surface area contributed by atoms with Gasteiger partial charge >= 0.3 is 0 Å². The minimum Gasteiger partial charge on any atom is -0.497 e. The lowest BCUT2D eigenvalue weighted by Crippen LogP contribution is -2.49. The van der Waals surface area contributed by atoms with Gasteiger partial charge in [0.25, 0.3) is 5.91 Å². The Morgan fingerprint density at radius 2 is 1.62 bits per heavy atom. The number of halogens is 1. The van der Waals surface area contributed by atoms with Gasteiger partial charge in [0.2, 0.25) is 10.0 Å². The van der Waals surface area contributed by atoms with Crippen LogP contribution < -0.4 is 9.64 Å². The fourth-order valence-corrected chi connectivity index (χ4v) is 5.33. The standard InChI is InChI=1S/C22H26FN3O5S/c1-30-18-4-2-17(3-5-18)24-8-10-25(11-9-24)22(27)20-16-19(6-7-21(20)23)32(28,29)26-12-14-31-15-13-26/h2-7,16H,8-15H2,1H3. The molecule has 2 heterocycles. The highest BCUT2D eigenvalue weighted by molar-refractivity contribution is 7.89. The van der Waals surface area contributed by atoms with Gasteiger partial charge in [0.15, 0.2) is 0 Å². The summed E-state index contributed by atoms with van der Waals surface area (Å²) in [6, 6.07) is 11.1. The molecule has 2 aromatic rings. The molecular formula is C22H26FN3O5S. The molecule has 0 aromatic heterocycles. The number of ether oxygens (including phenoxy) is 2. The van der Waals surface area contributed by atoms with Crippen molar-refractivity contribution in [2.75, 3.05) is 64.5 Å². The van der Waals surface area contributed by atoms with Crippen LogP contribution in [0, 0.1) is 5.82 Å². The highest BCUT2D eigenvalue weighted by Gasteiger charge is 2.30. The van der Waals surface area contributed by atoms with Crippen molar-refractivity contribution in [3.63, 3.8) is 0 Å². The first-order valence-corrected chi connectivity index (χ1v) is 11.9. The van der Waals surface area contributed by atoms with E-state index in [-0.39, 0.29) is 23.5 Å². The van der Waals surface area contributed by atoms with Crippen LogP contribution in [0.15, 0.2) is 47.4 Å². The fourth-order valence-electron chi connectivity index (χ4n) is 3.90. The molecule has 8 nitrogen and oxygen atoms in total. The van der Waals surface area contributed by atoms with E-state index < -0.39 is 21.7 Å². The molecule has 0 radical (unpaired) electrons. The van der Waals surface area contributed by atoms with E-state index in [4.69, 9.17) is 9.47 Å². The lowest BCUT2D eigenvalue weighted by molar-refractivity contribution is 0.0728. The SMILES string of the molecule is COc1ccc(N2CCN(C(=O)c3cc(S(=O)(=O)N4CCOCC4)ccc3F)CC2)cc1. The van der Waals surface area contributed by atoms with Gasteiger partial charge in [0.05, 0.1) is 30.8 Å². The third-order valence-electron chi connectivity index (χ3n) is 5.78. The van der Waals surface area contributed by atoms with Gasteiger partial charge in [0.1, 0.15) is 11.6 Å². The molecule has 2 fully saturated rings. The van der Waals surface area contributed by atoms with Gasteiger partial charge in [-0.15, -0.1) is 0 Å². The summed E-state index contributed by atoms with van der Waals surface area (Å²) in [5.74, 6) is -0.464. The first-order chi connectivity index (χ1) is 15.4. The first kappa shape index (κ1) is 22.5. The van der Waals surface area contributed by atoms with E-state index in [1.165, 1.54) is 10.4 Å². The van der Waals surface area contributed by atoms with E-state index in [0.29, 0.717) is 39.4 Å². The molecule has 0 saturated carbocycles. The Balaban J connectivity index is 1.47. The second-order valence-corrected chi connectivity index (χ2v) is 9.57. The minimum absolute atomic E-state index is 0.0824. The van der Waals surface area contributed by atoms with E-state index in [2.05, 4.69) is 4.90 Å². The Morgan fingerprint density at radius 1 is 0.969 bits per heavy atom. The largest absolute Gasteiger partial charge is 0.497 e. The van der Waals surface area contributed by atoms with E-state index in [1.54, 1.807) is 12.0 Å². The predicted molar refractivity (Wildman–Crippen MR) is 117 cm³/mol. The molecule has 0 atom stereocenters. The molecule has 32 heavy (non-hydrogen) atoms. The van der Waals surface area contributed by atoms with E-state index in [0.717, 1.165) is 23.6 Å². The molecule has 0 aliphatic carbocycles.